The van der Waals surface area contributed by atoms with Crippen molar-refractivity contribution in [3.8, 4) is 23.3 Å². The summed E-state index contributed by atoms with van der Waals surface area (Å²) in [5, 5.41) is 12.1. The Morgan fingerprint density at radius 2 is 1.90 bits per heavy atom. The molecule has 31 heavy (non-hydrogen) atoms. The number of nitriles is 1. The normalized spacial score (nSPS) is 12.2. The topological polar surface area (TPSA) is 80.6 Å². The number of nitrogens with zero attached hydrogens (tertiary/aromatic N) is 1. The molecule has 0 bridgehead atoms. The summed E-state index contributed by atoms with van der Waals surface area (Å²) in [6.45, 7) is 2.56. The van der Waals surface area contributed by atoms with Crippen LogP contribution in [0.15, 0.2) is 72.3 Å². The van der Waals surface area contributed by atoms with E-state index in [2.05, 4.69) is 5.32 Å². The molecule has 6 nitrogen and oxygen atoms in total. The van der Waals surface area contributed by atoms with Gasteiger partial charge in [-0.05, 0) is 66.1 Å². The van der Waals surface area contributed by atoms with Crippen molar-refractivity contribution in [3.63, 3.8) is 0 Å². The summed E-state index contributed by atoms with van der Waals surface area (Å²) in [5.74, 6) is 1.68. The van der Waals surface area contributed by atoms with Crippen LogP contribution in [0.25, 0.3) is 6.08 Å². The maximum absolute atomic E-state index is 12.4. The number of rotatable bonds is 6. The lowest BCUT2D eigenvalue weighted by atomic mass is 10.1. The summed E-state index contributed by atoms with van der Waals surface area (Å²) in [4.78, 5) is 12.4. The van der Waals surface area contributed by atoms with Crippen LogP contribution in [-0.4, -0.2) is 12.7 Å². The molecule has 1 heterocycles. The fourth-order valence-corrected chi connectivity index (χ4v) is 3.09. The molecule has 0 atom stereocenters. The molecular formula is C25H20N2O4. The first kappa shape index (κ1) is 20.0. The fraction of sp³-hybridized carbons (Fsp3) is 0.120. The molecule has 0 saturated carbocycles. The van der Waals surface area contributed by atoms with Crippen molar-refractivity contribution in [1.82, 2.24) is 0 Å². The summed E-state index contributed by atoms with van der Waals surface area (Å²) in [5.41, 5.74) is 3.39. The second-order valence-electron chi connectivity index (χ2n) is 7.04. The molecule has 4 rings (SSSR count). The van der Waals surface area contributed by atoms with Gasteiger partial charge in [-0.25, -0.2) is 0 Å². The second kappa shape index (κ2) is 9.06. The zero-order chi connectivity index (χ0) is 21.6. The monoisotopic (exact) mass is 412 g/mol. The van der Waals surface area contributed by atoms with Crippen LogP contribution in [0.5, 0.6) is 17.2 Å². The van der Waals surface area contributed by atoms with Gasteiger partial charge in [0.05, 0.1) is 0 Å². The van der Waals surface area contributed by atoms with Gasteiger partial charge in [0, 0.05) is 5.69 Å². The first-order valence-corrected chi connectivity index (χ1v) is 9.72. The average molecular weight is 412 g/mol. The summed E-state index contributed by atoms with van der Waals surface area (Å²) < 4.78 is 16.5. The third kappa shape index (κ3) is 5.03. The van der Waals surface area contributed by atoms with Gasteiger partial charge in [0.2, 0.25) is 6.79 Å². The highest BCUT2D eigenvalue weighted by Crippen LogP contribution is 2.32. The van der Waals surface area contributed by atoms with Crippen molar-refractivity contribution < 1.29 is 19.0 Å². The Bertz CT molecular complexity index is 1180. The van der Waals surface area contributed by atoms with E-state index in [-0.39, 0.29) is 12.4 Å². The molecule has 6 heteroatoms. The molecule has 0 saturated heterocycles. The highest BCUT2D eigenvalue weighted by molar-refractivity contribution is 6.09. The van der Waals surface area contributed by atoms with Gasteiger partial charge in [-0.3, -0.25) is 4.79 Å². The summed E-state index contributed by atoms with van der Waals surface area (Å²) in [6, 6.07) is 22.3. The molecule has 0 unspecified atom stereocenters. The molecule has 0 fully saturated rings. The smallest absolute Gasteiger partial charge is 0.266 e. The number of nitrogens with one attached hydrogen (secondary N) is 1. The van der Waals surface area contributed by atoms with Crippen molar-refractivity contribution in [2.24, 2.45) is 0 Å². The molecule has 1 N–H and O–H groups in total. The Morgan fingerprint density at radius 1 is 1.10 bits per heavy atom. The van der Waals surface area contributed by atoms with Gasteiger partial charge in [0.1, 0.15) is 24.0 Å². The van der Waals surface area contributed by atoms with E-state index >= 15 is 0 Å². The van der Waals surface area contributed by atoms with E-state index in [1.807, 2.05) is 49.4 Å². The number of carbonyl (C=O) groups excluding carboxylic acids is 1. The molecule has 3 aromatic rings. The van der Waals surface area contributed by atoms with Gasteiger partial charge in [-0.1, -0.05) is 30.3 Å². The molecule has 0 aromatic heterocycles. The number of fused-ring (bicyclic) bond motifs is 1. The van der Waals surface area contributed by atoms with Crippen molar-refractivity contribution in [1.29, 1.82) is 5.26 Å². The molecule has 1 aliphatic heterocycles. The number of anilines is 1. The summed E-state index contributed by atoms with van der Waals surface area (Å²) >= 11 is 0. The van der Waals surface area contributed by atoms with Crippen LogP contribution in [0.1, 0.15) is 16.7 Å². The van der Waals surface area contributed by atoms with Crippen LogP contribution in [0.4, 0.5) is 5.69 Å². The van der Waals surface area contributed by atoms with Crippen LogP contribution in [0, 0.1) is 18.3 Å². The summed E-state index contributed by atoms with van der Waals surface area (Å²) in [6.07, 6.45) is 1.55. The van der Waals surface area contributed by atoms with Gasteiger partial charge >= 0.3 is 0 Å². The lowest BCUT2D eigenvalue weighted by Crippen LogP contribution is -2.13. The van der Waals surface area contributed by atoms with Gasteiger partial charge in [-0.2, -0.15) is 5.26 Å². The number of ether oxygens (including phenoxy) is 3. The van der Waals surface area contributed by atoms with Gasteiger partial charge in [0.15, 0.2) is 11.5 Å². The zero-order valence-electron chi connectivity index (χ0n) is 16.9. The molecule has 3 aromatic carbocycles. The largest absolute Gasteiger partial charge is 0.489 e. The van der Waals surface area contributed by atoms with E-state index in [0.29, 0.717) is 18.0 Å². The van der Waals surface area contributed by atoms with E-state index < -0.39 is 5.91 Å². The highest BCUT2D eigenvalue weighted by Gasteiger charge is 2.13. The third-order valence-electron chi connectivity index (χ3n) is 4.67. The van der Waals surface area contributed by atoms with Crippen molar-refractivity contribution in [2.45, 2.75) is 13.5 Å². The minimum Gasteiger partial charge on any atom is -0.489 e. The molecule has 154 valence electrons. The predicted octanol–water partition coefficient (Wildman–Crippen LogP) is 4.85. The summed E-state index contributed by atoms with van der Waals surface area (Å²) in [7, 11) is 0. The van der Waals surface area contributed by atoms with E-state index in [1.54, 1.807) is 36.4 Å². The van der Waals surface area contributed by atoms with Crippen LogP contribution in [0.3, 0.4) is 0 Å². The van der Waals surface area contributed by atoms with E-state index in [1.165, 1.54) is 0 Å². The number of hydrogen-bond donors (Lipinski definition) is 1. The van der Waals surface area contributed by atoms with Crippen molar-refractivity contribution in [3.05, 3.63) is 89.0 Å². The zero-order valence-corrected chi connectivity index (χ0v) is 16.9. The lowest BCUT2D eigenvalue weighted by Gasteiger charge is -2.08. The highest BCUT2D eigenvalue weighted by atomic mass is 16.7. The Balaban J connectivity index is 1.38. The van der Waals surface area contributed by atoms with Crippen molar-refractivity contribution >= 4 is 17.7 Å². The lowest BCUT2D eigenvalue weighted by molar-refractivity contribution is -0.112. The van der Waals surface area contributed by atoms with E-state index in [9.17, 15) is 10.1 Å². The Kier molecular flexibility index (Phi) is 5.86. The van der Waals surface area contributed by atoms with E-state index in [4.69, 9.17) is 14.2 Å². The molecule has 1 aliphatic rings. The van der Waals surface area contributed by atoms with Crippen LogP contribution < -0.4 is 19.5 Å². The number of amides is 1. The second-order valence-corrected chi connectivity index (χ2v) is 7.04. The van der Waals surface area contributed by atoms with Crippen LogP contribution in [0.2, 0.25) is 0 Å². The van der Waals surface area contributed by atoms with Gasteiger partial charge in [0.25, 0.3) is 5.91 Å². The quantitative estimate of drug-likeness (QED) is 0.462. The van der Waals surface area contributed by atoms with Crippen LogP contribution >= 0.6 is 0 Å². The third-order valence-corrected chi connectivity index (χ3v) is 4.67. The average Bonchev–Trinajstić information content (AvgIpc) is 3.24. The Morgan fingerprint density at radius 3 is 2.68 bits per heavy atom. The number of aryl methyl sites for hydroxylation is 1. The number of benzene rings is 3. The fourth-order valence-electron chi connectivity index (χ4n) is 3.09. The molecule has 0 spiro atoms. The first-order valence-electron chi connectivity index (χ1n) is 9.72. The van der Waals surface area contributed by atoms with Crippen molar-refractivity contribution in [2.75, 3.05) is 12.1 Å². The van der Waals surface area contributed by atoms with Gasteiger partial charge < -0.3 is 19.5 Å². The maximum atomic E-state index is 12.4. The Hall–Kier alpha value is -4.24. The maximum Gasteiger partial charge on any atom is 0.266 e. The molecule has 0 radical (unpaired) electrons. The van der Waals surface area contributed by atoms with E-state index in [0.717, 1.165) is 28.2 Å². The first-order chi connectivity index (χ1) is 15.1. The van der Waals surface area contributed by atoms with Gasteiger partial charge in [-0.15, -0.1) is 0 Å². The SMILES string of the molecule is Cc1cccc(NC(=O)/C(C#N)=C\c2ccc(OCc3ccc4c(c3)OCO4)cc2)c1. The molecular weight excluding hydrogens is 392 g/mol. The number of hydrogen-bond acceptors (Lipinski definition) is 5. The molecule has 1 amide bonds. The predicted molar refractivity (Wildman–Crippen MR) is 117 cm³/mol. The number of carbonyl (C=O) groups is 1. The molecule has 0 aliphatic carbocycles. The minimum absolute atomic E-state index is 0.0236. The Labute approximate surface area is 180 Å². The standard InChI is InChI=1S/C25H20N2O4/c1-17-3-2-4-21(11-17)27-25(28)20(14-26)12-18-5-8-22(9-6-18)29-15-19-7-10-23-24(13-19)31-16-30-23/h2-13H,15-16H2,1H3,(H,27,28)/b20-12-. The minimum atomic E-state index is -0.448. The van der Waals surface area contributed by atoms with Crippen LogP contribution in [-0.2, 0) is 11.4 Å².